The zero-order valence-electron chi connectivity index (χ0n) is 12.5. The first-order chi connectivity index (χ1) is 8.95. The van der Waals surface area contributed by atoms with Gasteiger partial charge >= 0.3 is 0 Å². The molecule has 1 saturated heterocycles. The number of hydrogen-bond donors (Lipinski definition) is 2. The molecule has 1 heterocycles. The van der Waals surface area contributed by atoms with Crippen molar-refractivity contribution in [3.63, 3.8) is 0 Å². The highest BCUT2D eigenvalue weighted by molar-refractivity contribution is 5.60. The lowest BCUT2D eigenvalue weighted by atomic mass is 10.0. The standard InChI is InChI=1S/C15H24N2O2/c1-10-6-13(18-4)14(19-5)7-12(10)17-11-8-15(2,3)16-9-11/h6-7,11,16-17H,8-9H2,1-5H3. The molecule has 1 fully saturated rings. The molecule has 4 heteroatoms. The highest BCUT2D eigenvalue weighted by Crippen LogP contribution is 2.34. The van der Waals surface area contributed by atoms with E-state index < -0.39 is 0 Å². The van der Waals surface area contributed by atoms with Crippen molar-refractivity contribution in [3.05, 3.63) is 17.7 Å². The van der Waals surface area contributed by atoms with Crippen LogP contribution in [0.1, 0.15) is 25.8 Å². The van der Waals surface area contributed by atoms with E-state index in [0.29, 0.717) is 6.04 Å². The first-order valence-corrected chi connectivity index (χ1v) is 6.69. The molecule has 106 valence electrons. The number of anilines is 1. The molecule has 1 aliphatic rings. The Hall–Kier alpha value is -1.42. The highest BCUT2D eigenvalue weighted by Gasteiger charge is 2.30. The molecule has 0 aliphatic carbocycles. The summed E-state index contributed by atoms with van der Waals surface area (Å²) < 4.78 is 10.7. The molecule has 1 atom stereocenters. The normalized spacial score (nSPS) is 21.2. The minimum Gasteiger partial charge on any atom is -0.493 e. The van der Waals surface area contributed by atoms with Gasteiger partial charge in [-0.15, -0.1) is 0 Å². The number of methoxy groups -OCH3 is 2. The van der Waals surface area contributed by atoms with Gasteiger partial charge in [0.25, 0.3) is 0 Å². The topological polar surface area (TPSA) is 42.5 Å². The fourth-order valence-electron chi connectivity index (χ4n) is 2.62. The summed E-state index contributed by atoms with van der Waals surface area (Å²) in [5, 5.41) is 7.11. The number of nitrogens with one attached hydrogen (secondary N) is 2. The number of ether oxygens (including phenoxy) is 2. The van der Waals surface area contributed by atoms with Gasteiger partial charge in [0.05, 0.1) is 14.2 Å². The average molecular weight is 264 g/mol. The molecule has 0 bridgehead atoms. The fraction of sp³-hybridized carbons (Fsp3) is 0.600. The van der Waals surface area contributed by atoms with Crippen molar-refractivity contribution in [1.82, 2.24) is 5.32 Å². The van der Waals surface area contributed by atoms with Gasteiger partial charge in [0, 0.05) is 29.9 Å². The Morgan fingerprint density at radius 2 is 1.84 bits per heavy atom. The molecule has 2 rings (SSSR count). The van der Waals surface area contributed by atoms with Crippen LogP contribution in [0.4, 0.5) is 5.69 Å². The average Bonchev–Trinajstić information content (AvgIpc) is 2.70. The SMILES string of the molecule is COc1cc(C)c(NC2CNC(C)(C)C2)cc1OC. The molecule has 1 aliphatic heterocycles. The van der Waals surface area contributed by atoms with Crippen LogP contribution in [-0.4, -0.2) is 32.3 Å². The Morgan fingerprint density at radius 3 is 2.37 bits per heavy atom. The number of hydrogen-bond acceptors (Lipinski definition) is 4. The third-order valence-corrected chi connectivity index (χ3v) is 3.67. The van der Waals surface area contributed by atoms with Crippen molar-refractivity contribution in [2.45, 2.75) is 38.8 Å². The summed E-state index contributed by atoms with van der Waals surface area (Å²) in [6.07, 6.45) is 1.11. The van der Waals surface area contributed by atoms with Gasteiger partial charge < -0.3 is 20.1 Å². The maximum atomic E-state index is 5.36. The zero-order valence-corrected chi connectivity index (χ0v) is 12.5. The summed E-state index contributed by atoms with van der Waals surface area (Å²) in [4.78, 5) is 0. The van der Waals surface area contributed by atoms with Gasteiger partial charge in [-0.3, -0.25) is 0 Å². The molecule has 0 radical (unpaired) electrons. The van der Waals surface area contributed by atoms with Crippen molar-refractivity contribution in [3.8, 4) is 11.5 Å². The smallest absolute Gasteiger partial charge is 0.162 e. The molecular weight excluding hydrogens is 240 g/mol. The van der Waals surface area contributed by atoms with Crippen molar-refractivity contribution in [2.75, 3.05) is 26.1 Å². The van der Waals surface area contributed by atoms with E-state index in [1.165, 1.54) is 5.56 Å². The van der Waals surface area contributed by atoms with E-state index in [2.05, 4.69) is 31.4 Å². The molecule has 2 N–H and O–H groups in total. The van der Waals surface area contributed by atoms with Gasteiger partial charge in [-0.2, -0.15) is 0 Å². The van der Waals surface area contributed by atoms with E-state index in [1.54, 1.807) is 14.2 Å². The first-order valence-electron chi connectivity index (χ1n) is 6.69. The molecular formula is C15H24N2O2. The van der Waals surface area contributed by atoms with Crippen LogP contribution in [0.5, 0.6) is 11.5 Å². The van der Waals surface area contributed by atoms with E-state index in [9.17, 15) is 0 Å². The first kappa shape index (κ1) is 14.0. The number of aryl methyl sites for hydroxylation is 1. The summed E-state index contributed by atoms with van der Waals surface area (Å²) in [6, 6.07) is 4.47. The lowest BCUT2D eigenvalue weighted by Gasteiger charge is -2.20. The number of benzene rings is 1. The number of rotatable bonds is 4. The van der Waals surface area contributed by atoms with Gasteiger partial charge in [-0.25, -0.2) is 0 Å². The van der Waals surface area contributed by atoms with Crippen LogP contribution in [0.2, 0.25) is 0 Å². The van der Waals surface area contributed by atoms with Crippen LogP contribution >= 0.6 is 0 Å². The van der Waals surface area contributed by atoms with Crippen molar-refractivity contribution in [1.29, 1.82) is 0 Å². The zero-order chi connectivity index (χ0) is 14.0. The Morgan fingerprint density at radius 1 is 1.21 bits per heavy atom. The molecule has 1 unspecified atom stereocenters. The van der Waals surface area contributed by atoms with Crippen molar-refractivity contribution >= 4 is 5.69 Å². The second-order valence-electron chi connectivity index (χ2n) is 5.83. The second kappa shape index (κ2) is 5.29. The van der Waals surface area contributed by atoms with E-state index in [1.807, 2.05) is 12.1 Å². The lowest BCUT2D eigenvalue weighted by Crippen LogP contribution is -2.31. The summed E-state index contributed by atoms with van der Waals surface area (Å²) in [7, 11) is 3.32. The van der Waals surface area contributed by atoms with Crippen LogP contribution in [0.3, 0.4) is 0 Å². The summed E-state index contributed by atoms with van der Waals surface area (Å²) >= 11 is 0. The summed E-state index contributed by atoms with van der Waals surface area (Å²) in [5.41, 5.74) is 2.49. The van der Waals surface area contributed by atoms with E-state index in [4.69, 9.17) is 9.47 Å². The Bertz CT molecular complexity index is 458. The maximum absolute atomic E-state index is 5.36. The van der Waals surface area contributed by atoms with Gasteiger partial charge in [0.15, 0.2) is 11.5 Å². The largest absolute Gasteiger partial charge is 0.493 e. The molecule has 0 saturated carbocycles. The van der Waals surface area contributed by atoms with Gasteiger partial charge in [-0.1, -0.05) is 0 Å². The van der Waals surface area contributed by atoms with Gasteiger partial charge in [0.1, 0.15) is 0 Å². The predicted molar refractivity (Wildman–Crippen MR) is 78.4 cm³/mol. The van der Waals surface area contributed by atoms with Crippen LogP contribution in [0.25, 0.3) is 0 Å². The van der Waals surface area contributed by atoms with E-state index in [-0.39, 0.29) is 5.54 Å². The van der Waals surface area contributed by atoms with Crippen LogP contribution < -0.4 is 20.1 Å². The molecule has 0 aromatic heterocycles. The highest BCUT2D eigenvalue weighted by atomic mass is 16.5. The fourth-order valence-corrected chi connectivity index (χ4v) is 2.62. The summed E-state index contributed by atoms with van der Waals surface area (Å²) in [6.45, 7) is 7.53. The third kappa shape index (κ3) is 3.13. The Labute approximate surface area is 115 Å². The Kier molecular flexibility index (Phi) is 3.90. The van der Waals surface area contributed by atoms with Crippen LogP contribution in [0.15, 0.2) is 12.1 Å². The minimum absolute atomic E-state index is 0.210. The molecule has 0 spiro atoms. The van der Waals surface area contributed by atoms with Crippen molar-refractivity contribution in [2.24, 2.45) is 0 Å². The third-order valence-electron chi connectivity index (χ3n) is 3.67. The Balaban J connectivity index is 2.17. The van der Waals surface area contributed by atoms with Gasteiger partial charge in [0.2, 0.25) is 0 Å². The quantitative estimate of drug-likeness (QED) is 0.877. The lowest BCUT2D eigenvalue weighted by molar-refractivity contribution is 0.355. The molecule has 1 aromatic carbocycles. The van der Waals surface area contributed by atoms with E-state index >= 15 is 0 Å². The van der Waals surface area contributed by atoms with Crippen molar-refractivity contribution < 1.29 is 9.47 Å². The predicted octanol–water partition coefficient (Wildman–Crippen LogP) is 2.56. The van der Waals surface area contributed by atoms with Crippen LogP contribution in [0, 0.1) is 6.92 Å². The van der Waals surface area contributed by atoms with Crippen LogP contribution in [-0.2, 0) is 0 Å². The molecule has 4 nitrogen and oxygen atoms in total. The molecule has 19 heavy (non-hydrogen) atoms. The second-order valence-corrected chi connectivity index (χ2v) is 5.83. The van der Waals surface area contributed by atoms with Gasteiger partial charge in [-0.05, 0) is 38.8 Å². The molecule has 0 amide bonds. The molecule has 1 aromatic rings. The minimum atomic E-state index is 0.210. The maximum Gasteiger partial charge on any atom is 0.162 e. The monoisotopic (exact) mass is 264 g/mol. The summed E-state index contributed by atoms with van der Waals surface area (Å²) in [5.74, 6) is 1.54. The van der Waals surface area contributed by atoms with E-state index in [0.717, 1.165) is 30.2 Å².